The van der Waals surface area contributed by atoms with E-state index in [0.717, 1.165) is 34.9 Å². The quantitative estimate of drug-likeness (QED) is 0.471. The molecule has 0 spiro atoms. The number of rotatable bonds is 6. The maximum Gasteiger partial charge on any atom is 0.336 e. The fourth-order valence-electron chi connectivity index (χ4n) is 4.27. The lowest BCUT2D eigenvalue weighted by Gasteiger charge is -2.27. The van der Waals surface area contributed by atoms with E-state index in [1.807, 2.05) is 56.3 Å². The summed E-state index contributed by atoms with van der Waals surface area (Å²) in [6.45, 7) is 5.90. The molecule has 0 bridgehead atoms. The summed E-state index contributed by atoms with van der Waals surface area (Å²) in [6, 6.07) is 14.1. The summed E-state index contributed by atoms with van der Waals surface area (Å²) in [4.78, 5) is 40.0. The van der Waals surface area contributed by atoms with Gasteiger partial charge in [0.15, 0.2) is 0 Å². The monoisotopic (exact) mass is 418 g/mol. The molecule has 1 aromatic heterocycles. The van der Waals surface area contributed by atoms with Crippen LogP contribution in [0.3, 0.4) is 0 Å². The standard InChI is InChI=1S/C25H26N2O4/c1-4-5-13-25(19-9-7-6-8-10-19)23(29)27(24(30)26-25)15-18-14-21(28)31-22-17(3)16(2)11-12-20(18)22/h6-12,14H,4-5,13,15H2,1-3H3,(H,26,30). The number of urea groups is 1. The van der Waals surface area contributed by atoms with Crippen molar-refractivity contribution in [1.82, 2.24) is 10.2 Å². The lowest BCUT2D eigenvalue weighted by molar-refractivity contribution is -0.132. The zero-order valence-electron chi connectivity index (χ0n) is 18.0. The normalized spacial score (nSPS) is 18.6. The molecule has 1 unspecified atom stereocenters. The van der Waals surface area contributed by atoms with E-state index in [1.165, 1.54) is 11.0 Å². The van der Waals surface area contributed by atoms with Crippen molar-refractivity contribution in [3.05, 3.63) is 81.2 Å². The molecule has 31 heavy (non-hydrogen) atoms. The van der Waals surface area contributed by atoms with Crippen LogP contribution in [-0.4, -0.2) is 16.8 Å². The first-order chi connectivity index (χ1) is 14.9. The summed E-state index contributed by atoms with van der Waals surface area (Å²) in [6.07, 6.45) is 2.22. The number of hydrogen-bond donors (Lipinski definition) is 1. The van der Waals surface area contributed by atoms with E-state index < -0.39 is 17.2 Å². The Labute approximate surface area is 180 Å². The second-order valence-electron chi connectivity index (χ2n) is 8.17. The van der Waals surface area contributed by atoms with Crippen LogP contribution in [0.15, 0.2) is 57.7 Å². The Morgan fingerprint density at radius 2 is 1.77 bits per heavy atom. The second-order valence-corrected chi connectivity index (χ2v) is 8.17. The molecule has 1 atom stereocenters. The maximum atomic E-state index is 13.6. The summed E-state index contributed by atoms with van der Waals surface area (Å²) in [5.41, 5.74) is 2.15. The van der Waals surface area contributed by atoms with Gasteiger partial charge in [-0.1, -0.05) is 62.2 Å². The molecule has 0 saturated carbocycles. The van der Waals surface area contributed by atoms with Crippen molar-refractivity contribution in [2.45, 2.75) is 52.1 Å². The van der Waals surface area contributed by atoms with E-state index in [1.54, 1.807) is 0 Å². The minimum absolute atomic E-state index is 0.00990. The van der Waals surface area contributed by atoms with Crippen molar-refractivity contribution in [2.24, 2.45) is 0 Å². The lowest BCUT2D eigenvalue weighted by atomic mass is 9.85. The molecule has 3 aromatic rings. The Hall–Kier alpha value is -3.41. The number of amides is 3. The van der Waals surface area contributed by atoms with Crippen LogP contribution in [0.1, 0.15) is 48.4 Å². The molecule has 1 aliphatic heterocycles. The molecule has 1 N–H and O–H groups in total. The number of benzene rings is 2. The number of hydrogen-bond acceptors (Lipinski definition) is 4. The first kappa shape index (κ1) is 20.8. The number of carbonyl (C=O) groups excluding carboxylic acids is 2. The van der Waals surface area contributed by atoms with Gasteiger partial charge in [0, 0.05) is 11.5 Å². The first-order valence-electron chi connectivity index (χ1n) is 10.6. The van der Waals surface area contributed by atoms with E-state index in [0.29, 0.717) is 17.6 Å². The third kappa shape index (κ3) is 3.52. The van der Waals surface area contributed by atoms with Crippen molar-refractivity contribution in [1.29, 1.82) is 0 Å². The molecule has 6 heteroatoms. The van der Waals surface area contributed by atoms with Crippen LogP contribution < -0.4 is 10.9 Å². The Morgan fingerprint density at radius 3 is 2.48 bits per heavy atom. The van der Waals surface area contributed by atoms with Crippen LogP contribution in [-0.2, 0) is 16.9 Å². The van der Waals surface area contributed by atoms with Crippen molar-refractivity contribution in [3.8, 4) is 0 Å². The van der Waals surface area contributed by atoms with Crippen LogP contribution in [0, 0.1) is 13.8 Å². The number of fused-ring (bicyclic) bond motifs is 1. The van der Waals surface area contributed by atoms with Gasteiger partial charge in [0.1, 0.15) is 11.1 Å². The van der Waals surface area contributed by atoms with Gasteiger partial charge >= 0.3 is 11.7 Å². The van der Waals surface area contributed by atoms with Crippen LogP contribution in [0.2, 0.25) is 0 Å². The van der Waals surface area contributed by atoms with Gasteiger partial charge in [0.05, 0.1) is 6.54 Å². The molecular formula is C25H26N2O4. The summed E-state index contributed by atoms with van der Waals surface area (Å²) in [5, 5.41) is 3.69. The molecule has 3 amide bonds. The van der Waals surface area contributed by atoms with E-state index >= 15 is 0 Å². The Kier molecular flexibility index (Phi) is 5.39. The molecule has 6 nitrogen and oxygen atoms in total. The molecule has 2 heterocycles. The molecule has 160 valence electrons. The smallest absolute Gasteiger partial charge is 0.336 e. The van der Waals surface area contributed by atoms with E-state index in [-0.39, 0.29) is 12.5 Å². The zero-order valence-corrected chi connectivity index (χ0v) is 18.0. The Bertz CT molecular complexity index is 1220. The van der Waals surface area contributed by atoms with Crippen LogP contribution in [0.4, 0.5) is 4.79 Å². The van der Waals surface area contributed by atoms with Crippen molar-refractivity contribution >= 4 is 22.9 Å². The van der Waals surface area contributed by atoms with Crippen LogP contribution in [0.25, 0.3) is 11.0 Å². The topological polar surface area (TPSA) is 79.6 Å². The molecule has 1 aliphatic rings. The molecule has 1 saturated heterocycles. The third-order valence-electron chi connectivity index (χ3n) is 6.19. The highest BCUT2D eigenvalue weighted by molar-refractivity contribution is 6.07. The molecule has 0 radical (unpaired) electrons. The SMILES string of the molecule is CCCCC1(c2ccccc2)NC(=O)N(Cc2cc(=O)oc3c(C)c(C)ccc23)C1=O. The maximum absolute atomic E-state index is 13.6. The molecular weight excluding hydrogens is 392 g/mol. The second kappa shape index (κ2) is 8.02. The van der Waals surface area contributed by atoms with E-state index in [9.17, 15) is 14.4 Å². The van der Waals surface area contributed by atoms with E-state index in [4.69, 9.17) is 4.42 Å². The number of nitrogens with one attached hydrogen (secondary N) is 1. The van der Waals surface area contributed by atoms with Gasteiger partial charge in [-0.15, -0.1) is 0 Å². The van der Waals surface area contributed by atoms with Crippen molar-refractivity contribution in [3.63, 3.8) is 0 Å². The highest BCUT2D eigenvalue weighted by Crippen LogP contribution is 2.35. The van der Waals surface area contributed by atoms with Gasteiger partial charge < -0.3 is 9.73 Å². The van der Waals surface area contributed by atoms with Crippen LogP contribution >= 0.6 is 0 Å². The highest BCUT2D eigenvalue weighted by atomic mass is 16.4. The predicted octanol–water partition coefficient (Wildman–Crippen LogP) is 4.55. The third-order valence-corrected chi connectivity index (χ3v) is 6.19. The number of unbranched alkanes of at least 4 members (excludes halogenated alkanes) is 1. The molecule has 1 fully saturated rings. The first-order valence-corrected chi connectivity index (χ1v) is 10.6. The minimum atomic E-state index is -1.09. The largest absolute Gasteiger partial charge is 0.422 e. The van der Waals surface area contributed by atoms with Gasteiger partial charge in [-0.05, 0) is 42.5 Å². The zero-order chi connectivity index (χ0) is 22.2. The van der Waals surface area contributed by atoms with Gasteiger partial charge in [0.25, 0.3) is 5.91 Å². The summed E-state index contributed by atoms with van der Waals surface area (Å²) < 4.78 is 5.44. The molecule has 2 aromatic carbocycles. The Balaban J connectivity index is 1.77. The van der Waals surface area contributed by atoms with E-state index in [2.05, 4.69) is 12.2 Å². The molecule has 4 rings (SSSR count). The van der Waals surface area contributed by atoms with Gasteiger partial charge in [-0.25, -0.2) is 9.59 Å². The summed E-state index contributed by atoms with van der Waals surface area (Å²) in [5.74, 6) is -0.289. The fourth-order valence-corrected chi connectivity index (χ4v) is 4.27. The summed E-state index contributed by atoms with van der Waals surface area (Å²) >= 11 is 0. The van der Waals surface area contributed by atoms with Gasteiger partial charge in [0.2, 0.25) is 0 Å². The summed E-state index contributed by atoms with van der Waals surface area (Å²) in [7, 11) is 0. The minimum Gasteiger partial charge on any atom is -0.422 e. The van der Waals surface area contributed by atoms with Crippen molar-refractivity contribution < 1.29 is 14.0 Å². The fraction of sp³-hybridized carbons (Fsp3) is 0.320. The van der Waals surface area contributed by atoms with Gasteiger partial charge in [-0.3, -0.25) is 9.69 Å². The predicted molar refractivity (Wildman–Crippen MR) is 119 cm³/mol. The molecule has 0 aliphatic carbocycles. The average Bonchev–Trinajstić information content (AvgIpc) is 3.01. The number of carbonyl (C=O) groups is 2. The number of imide groups is 1. The lowest BCUT2D eigenvalue weighted by Crippen LogP contribution is -2.44. The highest BCUT2D eigenvalue weighted by Gasteiger charge is 2.51. The number of aryl methyl sites for hydroxylation is 2. The number of nitrogens with zero attached hydrogens (tertiary/aromatic N) is 1. The average molecular weight is 418 g/mol. The Morgan fingerprint density at radius 1 is 1.03 bits per heavy atom. The van der Waals surface area contributed by atoms with Crippen LogP contribution in [0.5, 0.6) is 0 Å². The van der Waals surface area contributed by atoms with Gasteiger partial charge in [-0.2, -0.15) is 0 Å². The van der Waals surface area contributed by atoms with Crippen molar-refractivity contribution in [2.75, 3.05) is 0 Å².